The van der Waals surface area contributed by atoms with Crippen LogP contribution in [0, 0.1) is 5.92 Å². The van der Waals surface area contributed by atoms with Gasteiger partial charge in [0.05, 0.1) is 17.7 Å². The second-order valence-corrected chi connectivity index (χ2v) is 8.60. The first-order valence-electron chi connectivity index (χ1n) is 8.41. The first kappa shape index (κ1) is 21.1. The maximum Gasteiger partial charge on any atom is 0.262 e. The number of rotatable bonds is 7. The predicted octanol–water partition coefficient (Wildman–Crippen LogP) is 3.92. The molecule has 0 saturated carbocycles. The van der Waals surface area contributed by atoms with Crippen molar-refractivity contribution in [2.75, 3.05) is 11.8 Å². The molecule has 27 heavy (non-hydrogen) atoms. The minimum Gasteiger partial charge on any atom is -0.495 e. The van der Waals surface area contributed by atoms with Crippen LogP contribution in [0.1, 0.15) is 31.1 Å². The topological polar surface area (TPSA) is 84.5 Å². The molecule has 0 bridgehead atoms. The summed E-state index contributed by atoms with van der Waals surface area (Å²) >= 11 is 5.95. The van der Waals surface area contributed by atoms with Gasteiger partial charge in [-0.15, -0.1) is 0 Å². The smallest absolute Gasteiger partial charge is 0.262 e. The Morgan fingerprint density at radius 3 is 2.44 bits per heavy atom. The fourth-order valence-electron chi connectivity index (χ4n) is 2.22. The molecule has 0 spiro atoms. The lowest BCUT2D eigenvalue weighted by Gasteiger charge is -2.17. The zero-order valence-corrected chi connectivity index (χ0v) is 17.2. The molecule has 2 N–H and O–H groups in total. The number of carbonyl (C=O) groups is 1. The van der Waals surface area contributed by atoms with Crippen LogP contribution in [0.5, 0.6) is 5.75 Å². The standard InChI is InChI=1S/C19H23ClN2O4S/c1-12(2)13(3)21-19(23)14-6-5-7-16(10-14)27(24,25)22-17-11-15(20)8-9-18(17)26-4/h5-13,22H,1-4H3,(H,21,23). The Morgan fingerprint density at radius 1 is 1.11 bits per heavy atom. The van der Waals surface area contributed by atoms with Crippen LogP contribution in [0.4, 0.5) is 5.69 Å². The molecular weight excluding hydrogens is 388 g/mol. The van der Waals surface area contributed by atoms with Gasteiger partial charge in [-0.05, 0) is 49.2 Å². The van der Waals surface area contributed by atoms with Crippen LogP contribution < -0.4 is 14.8 Å². The van der Waals surface area contributed by atoms with Crippen LogP contribution >= 0.6 is 11.6 Å². The number of ether oxygens (including phenoxy) is 1. The van der Waals surface area contributed by atoms with E-state index in [4.69, 9.17) is 16.3 Å². The summed E-state index contributed by atoms with van der Waals surface area (Å²) in [6.45, 7) is 5.89. The second-order valence-electron chi connectivity index (χ2n) is 6.48. The van der Waals surface area contributed by atoms with Crippen molar-refractivity contribution >= 4 is 33.2 Å². The summed E-state index contributed by atoms with van der Waals surface area (Å²) in [7, 11) is -2.50. The van der Waals surface area contributed by atoms with Crippen molar-refractivity contribution in [1.29, 1.82) is 0 Å². The highest BCUT2D eigenvalue weighted by atomic mass is 35.5. The van der Waals surface area contributed by atoms with Crippen LogP contribution in [0.25, 0.3) is 0 Å². The Labute approximate surface area is 164 Å². The number of hydrogen-bond donors (Lipinski definition) is 2. The number of sulfonamides is 1. The molecule has 0 heterocycles. The Bertz CT molecular complexity index is 929. The third-order valence-electron chi connectivity index (χ3n) is 4.17. The predicted molar refractivity (Wildman–Crippen MR) is 107 cm³/mol. The largest absolute Gasteiger partial charge is 0.495 e. The summed E-state index contributed by atoms with van der Waals surface area (Å²) < 4.78 is 33.1. The highest BCUT2D eigenvalue weighted by Crippen LogP contribution is 2.29. The van der Waals surface area contributed by atoms with E-state index in [1.54, 1.807) is 18.2 Å². The highest BCUT2D eigenvalue weighted by Gasteiger charge is 2.19. The van der Waals surface area contributed by atoms with Gasteiger partial charge in [0.25, 0.3) is 15.9 Å². The van der Waals surface area contributed by atoms with Gasteiger partial charge in [0, 0.05) is 16.6 Å². The molecule has 0 fully saturated rings. The van der Waals surface area contributed by atoms with E-state index in [-0.39, 0.29) is 34.0 Å². The van der Waals surface area contributed by atoms with Crippen molar-refractivity contribution < 1.29 is 17.9 Å². The van der Waals surface area contributed by atoms with E-state index in [9.17, 15) is 13.2 Å². The van der Waals surface area contributed by atoms with Gasteiger partial charge < -0.3 is 10.1 Å². The molecule has 6 nitrogen and oxygen atoms in total. The molecule has 0 aromatic heterocycles. The van der Waals surface area contributed by atoms with Crippen molar-refractivity contribution in [3.63, 3.8) is 0 Å². The fraction of sp³-hybridized carbons (Fsp3) is 0.316. The average molecular weight is 411 g/mol. The van der Waals surface area contributed by atoms with E-state index < -0.39 is 10.0 Å². The second kappa shape index (κ2) is 8.63. The van der Waals surface area contributed by atoms with Gasteiger partial charge in [0.2, 0.25) is 0 Å². The van der Waals surface area contributed by atoms with Crippen LogP contribution in [0.2, 0.25) is 5.02 Å². The van der Waals surface area contributed by atoms with Gasteiger partial charge in [-0.25, -0.2) is 8.42 Å². The Balaban J connectivity index is 2.30. The number of benzene rings is 2. The zero-order valence-electron chi connectivity index (χ0n) is 15.6. The molecule has 0 aliphatic carbocycles. The van der Waals surface area contributed by atoms with E-state index in [1.165, 1.54) is 31.4 Å². The van der Waals surface area contributed by atoms with Gasteiger partial charge in [-0.1, -0.05) is 31.5 Å². The van der Waals surface area contributed by atoms with Crippen LogP contribution in [0.3, 0.4) is 0 Å². The van der Waals surface area contributed by atoms with Crippen LogP contribution in [0.15, 0.2) is 47.4 Å². The maximum atomic E-state index is 12.7. The minimum absolute atomic E-state index is 0.0330. The van der Waals surface area contributed by atoms with Crippen molar-refractivity contribution in [3.8, 4) is 5.75 Å². The van der Waals surface area contributed by atoms with Gasteiger partial charge in [0.15, 0.2) is 0 Å². The fourth-order valence-corrected chi connectivity index (χ4v) is 3.50. The summed E-state index contributed by atoms with van der Waals surface area (Å²) in [5, 5.41) is 3.22. The summed E-state index contributed by atoms with van der Waals surface area (Å²) in [4.78, 5) is 12.3. The molecule has 1 unspecified atom stereocenters. The van der Waals surface area contributed by atoms with Crippen molar-refractivity contribution in [3.05, 3.63) is 53.1 Å². The molecule has 1 amide bonds. The highest BCUT2D eigenvalue weighted by molar-refractivity contribution is 7.92. The molecule has 2 rings (SSSR count). The van der Waals surface area contributed by atoms with Gasteiger partial charge in [-0.2, -0.15) is 0 Å². The van der Waals surface area contributed by atoms with E-state index >= 15 is 0 Å². The summed E-state index contributed by atoms with van der Waals surface area (Å²) in [5.41, 5.74) is 0.483. The molecule has 2 aromatic carbocycles. The summed E-state index contributed by atoms with van der Waals surface area (Å²) in [6.07, 6.45) is 0. The van der Waals surface area contributed by atoms with E-state index in [2.05, 4.69) is 10.0 Å². The van der Waals surface area contributed by atoms with Gasteiger partial charge in [0.1, 0.15) is 5.75 Å². The van der Waals surface area contributed by atoms with Crippen LogP contribution in [-0.4, -0.2) is 27.5 Å². The van der Waals surface area contributed by atoms with Gasteiger partial charge in [-0.3, -0.25) is 9.52 Å². The van der Waals surface area contributed by atoms with E-state index in [0.29, 0.717) is 10.8 Å². The molecule has 146 valence electrons. The number of hydrogen-bond acceptors (Lipinski definition) is 4. The van der Waals surface area contributed by atoms with E-state index in [0.717, 1.165) is 0 Å². The number of halogens is 1. The lowest BCUT2D eigenvalue weighted by Crippen LogP contribution is -2.36. The van der Waals surface area contributed by atoms with Crippen molar-refractivity contribution in [1.82, 2.24) is 5.32 Å². The Hall–Kier alpha value is -2.25. The SMILES string of the molecule is COc1ccc(Cl)cc1NS(=O)(=O)c1cccc(C(=O)NC(C)C(C)C)c1. The Kier molecular flexibility index (Phi) is 6.73. The molecule has 0 radical (unpaired) electrons. The number of anilines is 1. The van der Waals surface area contributed by atoms with Crippen LogP contribution in [-0.2, 0) is 10.0 Å². The van der Waals surface area contributed by atoms with Crippen molar-refractivity contribution in [2.45, 2.75) is 31.7 Å². The van der Waals surface area contributed by atoms with E-state index in [1.807, 2.05) is 20.8 Å². The zero-order chi connectivity index (χ0) is 20.2. The van der Waals surface area contributed by atoms with Gasteiger partial charge >= 0.3 is 0 Å². The quantitative estimate of drug-likeness (QED) is 0.724. The number of amides is 1. The third kappa shape index (κ3) is 5.37. The molecular formula is C19H23ClN2O4S. The first-order chi connectivity index (χ1) is 12.6. The lowest BCUT2D eigenvalue weighted by molar-refractivity contribution is 0.0930. The molecule has 0 saturated heterocycles. The number of nitrogens with one attached hydrogen (secondary N) is 2. The summed E-state index contributed by atoms with van der Waals surface area (Å²) in [6, 6.07) is 10.4. The normalized spacial score (nSPS) is 12.5. The number of methoxy groups -OCH3 is 1. The van der Waals surface area contributed by atoms with Crippen molar-refractivity contribution in [2.24, 2.45) is 5.92 Å². The third-order valence-corrected chi connectivity index (χ3v) is 5.77. The monoisotopic (exact) mass is 410 g/mol. The first-order valence-corrected chi connectivity index (χ1v) is 10.3. The Morgan fingerprint density at radius 2 is 1.81 bits per heavy atom. The average Bonchev–Trinajstić information content (AvgIpc) is 2.61. The number of carbonyl (C=O) groups excluding carboxylic acids is 1. The molecule has 8 heteroatoms. The maximum absolute atomic E-state index is 12.7. The molecule has 2 aromatic rings. The lowest BCUT2D eigenvalue weighted by atomic mass is 10.1. The molecule has 1 atom stereocenters. The molecule has 0 aliphatic heterocycles. The summed E-state index contributed by atoms with van der Waals surface area (Å²) in [5.74, 6) is 0.272. The minimum atomic E-state index is -3.93. The molecule has 0 aliphatic rings.